The first-order chi connectivity index (χ1) is 9.35. The predicted molar refractivity (Wildman–Crippen MR) is 82.1 cm³/mol. The van der Waals surface area contributed by atoms with E-state index in [0.717, 1.165) is 18.9 Å². The topological polar surface area (TPSA) is 21.3 Å². The van der Waals surface area contributed by atoms with Crippen molar-refractivity contribution >= 4 is 5.69 Å². The first-order valence-corrected chi connectivity index (χ1v) is 7.83. The molecule has 1 heterocycles. The number of hydrogen-bond donors (Lipinski definition) is 1. The van der Waals surface area contributed by atoms with Gasteiger partial charge in [0.05, 0.1) is 12.3 Å². The van der Waals surface area contributed by atoms with Crippen LogP contribution in [0.5, 0.6) is 5.75 Å². The lowest BCUT2D eigenvalue weighted by Gasteiger charge is -2.22. The summed E-state index contributed by atoms with van der Waals surface area (Å²) >= 11 is 0. The van der Waals surface area contributed by atoms with Gasteiger partial charge < -0.3 is 10.1 Å². The lowest BCUT2D eigenvalue weighted by molar-refractivity contribution is 0.234. The molecule has 1 N–H and O–H groups in total. The Balaban J connectivity index is 1.95. The highest BCUT2D eigenvalue weighted by molar-refractivity contribution is 5.63. The van der Waals surface area contributed by atoms with Crippen LogP contribution >= 0.6 is 0 Å². The second-order valence-electron chi connectivity index (χ2n) is 5.55. The first-order valence-electron chi connectivity index (χ1n) is 7.83. The number of hydrogen-bond acceptors (Lipinski definition) is 2. The van der Waals surface area contributed by atoms with Crippen LogP contribution in [0.1, 0.15) is 51.5 Å². The zero-order valence-corrected chi connectivity index (χ0v) is 12.4. The van der Waals surface area contributed by atoms with E-state index >= 15 is 0 Å². The van der Waals surface area contributed by atoms with Crippen LogP contribution in [0.25, 0.3) is 0 Å². The molecule has 0 aromatic heterocycles. The van der Waals surface area contributed by atoms with Crippen molar-refractivity contribution in [2.45, 2.75) is 52.4 Å². The van der Waals surface area contributed by atoms with Crippen molar-refractivity contribution in [1.29, 1.82) is 0 Å². The highest BCUT2D eigenvalue weighted by atomic mass is 16.5. The molecule has 2 nitrogen and oxygen atoms in total. The number of anilines is 1. The van der Waals surface area contributed by atoms with Gasteiger partial charge in [-0.3, -0.25) is 0 Å². The van der Waals surface area contributed by atoms with E-state index in [9.17, 15) is 0 Å². The second kappa shape index (κ2) is 7.42. The summed E-state index contributed by atoms with van der Waals surface area (Å²) in [5.41, 5.74) is 2.64. The molecule has 1 aromatic carbocycles. The average Bonchev–Trinajstić information content (AvgIpc) is 2.47. The minimum Gasteiger partial charge on any atom is -0.491 e. The van der Waals surface area contributed by atoms with Crippen LogP contribution in [-0.2, 0) is 6.42 Å². The molecule has 0 spiro atoms. The standard InChI is InChI=1S/C17H27NO/c1-3-5-8-14(4-2)13-19-16-11-6-9-15-10-7-12-18-17(15)16/h6,9,11,14,18H,3-5,7-8,10,12-13H2,1-2H3. The molecule has 0 saturated heterocycles. The van der Waals surface area contributed by atoms with Crippen LogP contribution < -0.4 is 10.1 Å². The number of nitrogens with one attached hydrogen (secondary N) is 1. The van der Waals surface area contributed by atoms with Gasteiger partial charge >= 0.3 is 0 Å². The van der Waals surface area contributed by atoms with E-state index in [4.69, 9.17) is 4.74 Å². The van der Waals surface area contributed by atoms with Gasteiger partial charge in [0, 0.05) is 6.54 Å². The highest BCUT2D eigenvalue weighted by Gasteiger charge is 2.14. The van der Waals surface area contributed by atoms with Gasteiger partial charge in [0.2, 0.25) is 0 Å². The van der Waals surface area contributed by atoms with Crippen LogP contribution in [0.3, 0.4) is 0 Å². The molecule has 1 atom stereocenters. The van der Waals surface area contributed by atoms with Gasteiger partial charge in [0.15, 0.2) is 0 Å². The Hall–Kier alpha value is -1.18. The smallest absolute Gasteiger partial charge is 0.142 e. The minimum atomic E-state index is 0.694. The third-order valence-electron chi connectivity index (χ3n) is 4.06. The fourth-order valence-electron chi connectivity index (χ4n) is 2.70. The van der Waals surface area contributed by atoms with Crippen LogP contribution in [0.4, 0.5) is 5.69 Å². The van der Waals surface area contributed by atoms with Crippen LogP contribution in [0.15, 0.2) is 18.2 Å². The summed E-state index contributed by atoms with van der Waals surface area (Å²) in [6.07, 6.45) is 7.49. The lowest BCUT2D eigenvalue weighted by atomic mass is 10.0. The molecule has 0 bridgehead atoms. The van der Waals surface area contributed by atoms with Gasteiger partial charge in [-0.1, -0.05) is 45.2 Å². The lowest BCUT2D eigenvalue weighted by Crippen LogP contribution is -2.16. The van der Waals surface area contributed by atoms with Gasteiger partial charge in [0.1, 0.15) is 5.75 Å². The predicted octanol–water partition coefficient (Wildman–Crippen LogP) is 4.64. The summed E-state index contributed by atoms with van der Waals surface area (Å²) in [4.78, 5) is 0. The van der Waals surface area contributed by atoms with Crippen molar-refractivity contribution in [3.05, 3.63) is 23.8 Å². The van der Waals surface area contributed by atoms with E-state index in [1.54, 1.807) is 0 Å². The Morgan fingerprint density at radius 3 is 3.00 bits per heavy atom. The SMILES string of the molecule is CCCCC(CC)COc1cccc2c1NCCC2. The van der Waals surface area contributed by atoms with Gasteiger partial charge in [-0.15, -0.1) is 0 Å². The summed E-state index contributed by atoms with van der Waals surface area (Å²) in [7, 11) is 0. The molecule has 0 aliphatic carbocycles. The van der Waals surface area contributed by atoms with Gasteiger partial charge in [-0.2, -0.15) is 0 Å². The summed E-state index contributed by atoms with van der Waals surface area (Å²) in [6.45, 7) is 6.45. The van der Waals surface area contributed by atoms with Crippen molar-refractivity contribution in [2.24, 2.45) is 5.92 Å². The largest absolute Gasteiger partial charge is 0.491 e. The molecule has 1 aliphatic rings. The Labute approximate surface area is 117 Å². The Kier molecular flexibility index (Phi) is 5.56. The van der Waals surface area contributed by atoms with Crippen molar-refractivity contribution in [2.75, 3.05) is 18.5 Å². The molecule has 1 aromatic rings. The maximum atomic E-state index is 6.09. The molecule has 1 aliphatic heterocycles. The molecule has 106 valence electrons. The summed E-state index contributed by atoms with van der Waals surface area (Å²) < 4.78 is 6.09. The Morgan fingerprint density at radius 1 is 1.32 bits per heavy atom. The summed E-state index contributed by atoms with van der Waals surface area (Å²) in [5, 5.41) is 3.49. The van der Waals surface area contributed by atoms with E-state index in [1.807, 2.05) is 0 Å². The Morgan fingerprint density at radius 2 is 2.21 bits per heavy atom. The van der Waals surface area contributed by atoms with Gasteiger partial charge in [-0.05, 0) is 36.8 Å². The molecule has 0 amide bonds. The monoisotopic (exact) mass is 261 g/mol. The van der Waals surface area contributed by atoms with E-state index < -0.39 is 0 Å². The highest BCUT2D eigenvalue weighted by Crippen LogP contribution is 2.32. The normalized spacial score (nSPS) is 15.5. The number of aryl methyl sites for hydroxylation is 1. The molecular formula is C17H27NO. The maximum Gasteiger partial charge on any atom is 0.142 e. The first kappa shape index (κ1) is 14.2. The third-order valence-corrected chi connectivity index (χ3v) is 4.06. The summed E-state index contributed by atoms with van der Waals surface area (Å²) in [6, 6.07) is 6.43. The van der Waals surface area contributed by atoms with Crippen LogP contribution in [0, 0.1) is 5.92 Å². The number of fused-ring (bicyclic) bond motifs is 1. The molecule has 19 heavy (non-hydrogen) atoms. The van der Waals surface area contributed by atoms with Crippen molar-refractivity contribution in [3.63, 3.8) is 0 Å². The zero-order valence-electron chi connectivity index (χ0n) is 12.4. The van der Waals surface area contributed by atoms with E-state index in [2.05, 4.69) is 37.4 Å². The molecule has 0 fully saturated rings. The number of para-hydroxylation sites is 1. The Bertz CT molecular complexity index is 389. The molecule has 0 radical (unpaired) electrons. The van der Waals surface area contributed by atoms with Gasteiger partial charge in [-0.25, -0.2) is 0 Å². The fraction of sp³-hybridized carbons (Fsp3) is 0.647. The van der Waals surface area contributed by atoms with Crippen molar-refractivity contribution in [1.82, 2.24) is 0 Å². The summed E-state index contributed by atoms with van der Waals surface area (Å²) in [5.74, 6) is 1.74. The number of ether oxygens (including phenoxy) is 1. The van der Waals surface area contributed by atoms with Crippen LogP contribution in [0.2, 0.25) is 0 Å². The quantitative estimate of drug-likeness (QED) is 0.772. The van der Waals surface area contributed by atoms with Crippen molar-refractivity contribution in [3.8, 4) is 5.75 Å². The number of rotatable bonds is 7. The van der Waals surface area contributed by atoms with Crippen LogP contribution in [-0.4, -0.2) is 13.2 Å². The minimum absolute atomic E-state index is 0.694. The van der Waals surface area contributed by atoms with E-state index in [-0.39, 0.29) is 0 Å². The van der Waals surface area contributed by atoms with E-state index in [1.165, 1.54) is 49.8 Å². The molecule has 0 saturated carbocycles. The second-order valence-corrected chi connectivity index (χ2v) is 5.55. The fourth-order valence-corrected chi connectivity index (χ4v) is 2.70. The molecule has 2 heteroatoms. The van der Waals surface area contributed by atoms with Crippen molar-refractivity contribution < 1.29 is 4.74 Å². The average molecular weight is 261 g/mol. The number of unbranched alkanes of at least 4 members (excludes halogenated alkanes) is 1. The third kappa shape index (κ3) is 3.89. The molecule has 2 rings (SSSR count). The maximum absolute atomic E-state index is 6.09. The zero-order chi connectivity index (χ0) is 13.5. The molecular weight excluding hydrogens is 234 g/mol. The number of benzene rings is 1. The molecule has 1 unspecified atom stereocenters. The van der Waals surface area contributed by atoms with Gasteiger partial charge in [0.25, 0.3) is 0 Å². The van der Waals surface area contributed by atoms with E-state index in [0.29, 0.717) is 5.92 Å².